The topological polar surface area (TPSA) is 155 Å². The largest absolute Gasteiger partial charge is 0.458 e. The molecule has 5 heterocycles. The molecule has 11 heteroatoms. The van der Waals surface area contributed by atoms with E-state index in [9.17, 15) is 19.5 Å². The number of aliphatic hydroxyl groups is 1. The summed E-state index contributed by atoms with van der Waals surface area (Å²) in [6, 6.07) is 5.22. The van der Waals surface area contributed by atoms with Crippen molar-refractivity contribution in [3.05, 3.63) is 50.8 Å². The van der Waals surface area contributed by atoms with E-state index in [0.29, 0.717) is 28.4 Å². The number of aromatic nitrogens is 2. The Kier molecular flexibility index (Phi) is 4.63. The van der Waals surface area contributed by atoms with Crippen molar-refractivity contribution in [2.24, 2.45) is 5.73 Å². The van der Waals surface area contributed by atoms with Crippen molar-refractivity contribution in [3.8, 4) is 22.9 Å². The van der Waals surface area contributed by atoms with Crippen LogP contribution in [0, 0.1) is 0 Å². The molecule has 0 spiro atoms. The van der Waals surface area contributed by atoms with Crippen LogP contribution in [0.2, 0.25) is 0 Å². The normalized spacial score (nSPS) is 19.2. The Morgan fingerprint density at radius 2 is 1.97 bits per heavy atom. The van der Waals surface area contributed by atoms with E-state index in [1.54, 1.807) is 23.6 Å². The molecule has 1 amide bonds. The maximum atomic E-state index is 13.5. The van der Waals surface area contributed by atoms with Crippen molar-refractivity contribution < 1.29 is 28.9 Å². The summed E-state index contributed by atoms with van der Waals surface area (Å²) in [7, 11) is 0. The molecule has 1 atom stereocenters. The number of esters is 1. The van der Waals surface area contributed by atoms with Gasteiger partial charge < -0.3 is 34.9 Å². The van der Waals surface area contributed by atoms with E-state index in [0.717, 1.165) is 16.5 Å². The van der Waals surface area contributed by atoms with Gasteiger partial charge in [-0.1, -0.05) is 6.92 Å². The Labute approximate surface area is 198 Å². The summed E-state index contributed by atoms with van der Waals surface area (Å²) in [4.78, 5) is 42.7. The van der Waals surface area contributed by atoms with Crippen LogP contribution >= 0.6 is 0 Å². The molecule has 3 aliphatic heterocycles. The van der Waals surface area contributed by atoms with Gasteiger partial charge in [0.15, 0.2) is 17.1 Å². The molecule has 0 radical (unpaired) electrons. The third kappa shape index (κ3) is 2.98. The Bertz CT molecular complexity index is 1510. The third-order valence-corrected chi connectivity index (χ3v) is 6.95. The van der Waals surface area contributed by atoms with E-state index in [4.69, 9.17) is 24.9 Å². The Balaban J connectivity index is 1.60. The minimum atomic E-state index is -1.91. The molecule has 1 aromatic carbocycles. The first-order valence-corrected chi connectivity index (χ1v) is 11.2. The third-order valence-electron chi connectivity index (χ3n) is 6.95. The predicted octanol–water partition coefficient (Wildman–Crippen LogP) is 0.383. The molecule has 11 nitrogen and oxygen atoms in total. The van der Waals surface area contributed by atoms with Crippen LogP contribution in [-0.4, -0.2) is 39.9 Å². The van der Waals surface area contributed by atoms with Crippen molar-refractivity contribution >= 4 is 22.8 Å². The quantitative estimate of drug-likeness (QED) is 0.353. The van der Waals surface area contributed by atoms with Crippen LogP contribution in [0.5, 0.6) is 11.5 Å². The van der Waals surface area contributed by atoms with Crippen LogP contribution in [0.3, 0.4) is 0 Å². The molecule has 0 bridgehead atoms. The molecule has 4 N–H and O–H groups in total. The molecular formula is C24H22N4O7. The first kappa shape index (κ1) is 21.6. The van der Waals surface area contributed by atoms with E-state index in [2.05, 4.69) is 5.32 Å². The lowest BCUT2D eigenvalue weighted by Gasteiger charge is -2.31. The van der Waals surface area contributed by atoms with Gasteiger partial charge in [-0.3, -0.25) is 9.59 Å². The number of cyclic esters (lactones) is 1. The lowest BCUT2D eigenvalue weighted by Crippen LogP contribution is -2.44. The minimum absolute atomic E-state index is 0.0551. The molecule has 35 heavy (non-hydrogen) atoms. The molecule has 3 aliphatic rings. The average molecular weight is 478 g/mol. The number of pyridine rings is 2. The number of benzene rings is 1. The Morgan fingerprint density at radius 3 is 2.71 bits per heavy atom. The zero-order valence-corrected chi connectivity index (χ0v) is 18.8. The molecule has 2 aromatic heterocycles. The summed E-state index contributed by atoms with van der Waals surface area (Å²) in [5.74, 6) is 0.0130. The second-order valence-corrected chi connectivity index (χ2v) is 8.72. The highest BCUT2D eigenvalue weighted by molar-refractivity contribution is 5.91. The fraction of sp³-hybridized carbons (Fsp3) is 0.333. The molecule has 0 aliphatic carbocycles. The maximum Gasteiger partial charge on any atom is 0.343 e. The lowest BCUT2D eigenvalue weighted by atomic mass is 9.86. The lowest BCUT2D eigenvalue weighted by molar-refractivity contribution is -0.172. The van der Waals surface area contributed by atoms with Crippen LogP contribution in [0.4, 0.5) is 0 Å². The number of ether oxygens (including phenoxy) is 3. The fourth-order valence-electron chi connectivity index (χ4n) is 5.01. The van der Waals surface area contributed by atoms with Gasteiger partial charge in [0, 0.05) is 29.1 Å². The second kappa shape index (κ2) is 7.52. The van der Waals surface area contributed by atoms with Crippen LogP contribution in [0.25, 0.3) is 22.3 Å². The molecule has 180 valence electrons. The number of hydrogen-bond donors (Lipinski definition) is 3. The molecule has 6 rings (SSSR count). The summed E-state index contributed by atoms with van der Waals surface area (Å²) in [5, 5.41) is 14.6. The van der Waals surface area contributed by atoms with E-state index in [1.165, 1.54) is 0 Å². The summed E-state index contributed by atoms with van der Waals surface area (Å²) >= 11 is 0. The fourth-order valence-corrected chi connectivity index (χ4v) is 5.01. The summed E-state index contributed by atoms with van der Waals surface area (Å²) in [5.41, 5.74) is 6.82. The number of rotatable bonds is 4. The number of nitrogens with zero attached hydrogens (tertiary/aromatic N) is 2. The van der Waals surface area contributed by atoms with E-state index >= 15 is 0 Å². The van der Waals surface area contributed by atoms with Gasteiger partial charge in [0.05, 0.1) is 35.6 Å². The minimum Gasteiger partial charge on any atom is -0.458 e. The van der Waals surface area contributed by atoms with Crippen LogP contribution in [-0.2, 0) is 39.6 Å². The van der Waals surface area contributed by atoms with Gasteiger partial charge in [-0.25, -0.2) is 9.78 Å². The van der Waals surface area contributed by atoms with Crippen molar-refractivity contribution in [1.29, 1.82) is 0 Å². The summed E-state index contributed by atoms with van der Waals surface area (Å²) < 4.78 is 17.7. The Hall–Kier alpha value is -3.96. The van der Waals surface area contributed by atoms with Crippen molar-refractivity contribution in [2.75, 3.05) is 13.3 Å². The zero-order chi connectivity index (χ0) is 24.5. The zero-order valence-electron chi connectivity index (χ0n) is 18.8. The molecule has 1 unspecified atom stereocenters. The van der Waals surface area contributed by atoms with Gasteiger partial charge in [-0.2, -0.15) is 0 Å². The summed E-state index contributed by atoms with van der Waals surface area (Å²) in [6.07, 6.45) is 0.0551. The van der Waals surface area contributed by atoms with Gasteiger partial charge in [-0.15, -0.1) is 0 Å². The predicted molar refractivity (Wildman–Crippen MR) is 122 cm³/mol. The van der Waals surface area contributed by atoms with Crippen molar-refractivity contribution in [2.45, 2.75) is 38.6 Å². The molecule has 0 fully saturated rings. The second-order valence-electron chi connectivity index (χ2n) is 8.72. The SMILES string of the molecule is CCC1(O)C(=O)OCc2c1cc1n(c2=O)Cc2c-1nc1cc3c(cc1c2CNC(=O)CN)OCO3. The maximum absolute atomic E-state index is 13.5. The molecule has 3 aromatic rings. The number of fused-ring (bicyclic) bond motifs is 6. The first-order valence-electron chi connectivity index (χ1n) is 11.2. The average Bonchev–Trinajstić information content (AvgIpc) is 3.47. The van der Waals surface area contributed by atoms with E-state index in [1.807, 2.05) is 6.07 Å². The highest BCUT2D eigenvalue weighted by Crippen LogP contribution is 2.43. The number of amides is 1. The Morgan fingerprint density at radius 1 is 1.20 bits per heavy atom. The monoisotopic (exact) mass is 478 g/mol. The van der Waals surface area contributed by atoms with Crippen LogP contribution < -0.4 is 26.1 Å². The smallest absolute Gasteiger partial charge is 0.343 e. The summed E-state index contributed by atoms with van der Waals surface area (Å²) in [6.45, 7) is 1.76. The van der Waals surface area contributed by atoms with E-state index < -0.39 is 11.6 Å². The highest BCUT2D eigenvalue weighted by atomic mass is 16.7. The van der Waals surface area contributed by atoms with Crippen molar-refractivity contribution in [1.82, 2.24) is 14.9 Å². The number of carbonyl (C=O) groups excluding carboxylic acids is 2. The molecule has 0 saturated carbocycles. The number of carbonyl (C=O) groups is 2. The number of nitrogens with one attached hydrogen (secondary N) is 1. The number of hydrogen-bond acceptors (Lipinski definition) is 9. The van der Waals surface area contributed by atoms with Gasteiger partial charge in [0.2, 0.25) is 12.7 Å². The van der Waals surface area contributed by atoms with Crippen LogP contribution in [0.1, 0.15) is 35.6 Å². The van der Waals surface area contributed by atoms with Gasteiger partial charge in [-0.05, 0) is 24.1 Å². The van der Waals surface area contributed by atoms with Gasteiger partial charge in [0.25, 0.3) is 5.56 Å². The van der Waals surface area contributed by atoms with Crippen molar-refractivity contribution in [3.63, 3.8) is 0 Å². The number of nitrogens with two attached hydrogens (primary N) is 1. The van der Waals surface area contributed by atoms with E-state index in [-0.39, 0.29) is 62.0 Å². The molecule has 0 saturated heterocycles. The first-order chi connectivity index (χ1) is 16.9. The van der Waals surface area contributed by atoms with Gasteiger partial charge >= 0.3 is 5.97 Å². The standard InChI is InChI=1S/C24H22N4O7/c1-2-24(32)15-4-17-21-13(8-28(17)22(30)14(15)9-33-23(24)31)12(7-26-20(29)6-25)11-3-18-19(35-10-34-18)5-16(11)27-21/h3-5,32H,2,6-10,25H2,1H3,(H,26,29). The highest BCUT2D eigenvalue weighted by Gasteiger charge is 2.45. The van der Waals surface area contributed by atoms with Crippen LogP contribution in [0.15, 0.2) is 23.0 Å². The van der Waals surface area contributed by atoms with Gasteiger partial charge in [0.1, 0.15) is 6.61 Å². The molecular weight excluding hydrogens is 456 g/mol.